The van der Waals surface area contributed by atoms with Crippen molar-refractivity contribution in [2.24, 2.45) is 0 Å². The van der Waals surface area contributed by atoms with Gasteiger partial charge < -0.3 is 23.4 Å². The van der Waals surface area contributed by atoms with Crippen molar-refractivity contribution >= 4 is 11.9 Å². The van der Waals surface area contributed by atoms with Gasteiger partial charge in [-0.2, -0.15) is 0 Å². The molecule has 0 spiro atoms. The van der Waals surface area contributed by atoms with Crippen molar-refractivity contribution < 1.29 is 33.0 Å². The Balaban J connectivity index is 1.42. The number of carbonyl (C=O) groups is 2. The summed E-state index contributed by atoms with van der Waals surface area (Å²) in [6.07, 6.45) is 1.33. The summed E-state index contributed by atoms with van der Waals surface area (Å²) in [5.41, 5.74) is 1.29. The van der Waals surface area contributed by atoms with Crippen LogP contribution in [0.2, 0.25) is 0 Å². The summed E-state index contributed by atoms with van der Waals surface area (Å²) >= 11 is 0. The molecule has 0 unspecified atom stereocenters. The number of hydrogen-bond acceptors (Lipinski definition) is 7. The fourth-order valence-electron chi connectivity index (χ4n) is 2.45. The minimum Gasteiger partial charge on any atom is -0.489 e. The number of carbonyl (C=O) groups excluding carboxylic acids is 2. The molecule has 29 heavy (non-hydrogen) atoms. The van der Waals surface area contributed by atoms with E-state index in [4.69, 9.17) is 18.6 Å². The second kappa shape index (κ2) is 9.98. The molecule has 0 aliphatic rings. The third-order valence-corrected chi connectivity index (χ3v) is 3.94. The van der Waals surface area contributed by atoms with Crippen LogP contribution in [0.15, 0.2) is 71.3 Å². The quantitative estimate of drug-likeness (QED) is 0.509. The Morgan fingerprint density at radius 1 is 0.862 bits per heavy atom. The van der Waals surface area contributed by atoms with E-state index in [1.54, 1.807) is 24.3 Å². The first-order valence-electron chi connectivity index (χ1n) is 8.85. The lowest BCUT2D eigenvalue weighted by Crippen LogP contribution is -2.15. The molecule has 3 aromatic rings. The van der Waals surface area contributed by atoms with Gasteiger partial charge in [-0.15, -0.1) is 0 Å². The SMILES string of the molecule is COC(=O)c1ccoc1COC(=O)COc1ccc(OCc2ccccc2)cc1. The van der Waals surface area contributed by atoms with Crippen LogP contribution in [0.1, 0.15) is 21.7 Å². The monoisotopic (exact) mass is 396 g/mol. The van der Waals surface area contributed by atoms with Crippen molar-refractivity contribution in [2.45, 2.75) is 13.2 Å². The second-order valence-electron chi connectivity index (χ2n) is 5.94. The zero-order valence-electron chi connectivity index (χ0n) is 15.8. The van der Waals surface area contributed by atoms with Gasteiger partial charge in [0.05, 0.1) is 13.4 Å². The van der Waals surface area contributed by atoms with Crippen molar-refractivity contribution in [3.05, 3.63) is 83.8 Å². The standard InChI is InChI=1S/C22H20O7/c1-25-22(24)19-11-12-26-20(19)14-29-21(23)15-28-18-9-7-17(8-10-18)27-13-16-5-3-2-4-6-16/h2-12H,13-15H2,1H3. The van der Waals surface area contributed by atoms with Crippen LogP contribution in [-0.4, -0.2) is 25.7 Å². The summed E-state index contributed by atoms with van der Waals surface area (Å²) in [4.78, 5) is 23.4. The fraction of sp³-hybridized carbons (Fsp3) is 0.182. The van der Waals surface area contributed by atoms with E-state index in [1.807, 2.05) is 30.3 Å². The van der Waals surface area contributed by atoms with E-state index in [0.717, 1.165) is 5.56 Å². The predicted molar refractivity (Wildman–Crippen MR) is 103 cm³/mol. The topological polar surface area (TPSA) is 84.2 Å². The average molecular weight is 396 g/mol. The summed E-state index contributed by atoms with van der Waals surface area (Å²) in [5, 5.41) is 0. The van der Waals surface area contributed by atoms with Crippen molar-refractivity contribution in [3.63, 3.8) is 0 Å². The lowest BCUT2D eigenvalue weighted by molar-refractivity contribution is -0.147. The van der Waals surface area contributed by atoms with Gasteiger partial charge in [0.25, 0.3) is 0 Å². The van der Waals surface area contributed by atoms with E-state index in [9.17, 15) is 9.59 Å². The van der Waals surface area contributed by atoms with Gasteiger partial charge in [0, 0.05) is 0 Å². The molecule has 1 heterocycles. The van der Waals surface area contributed by atoms with Crippen LogP contribution < -0.4 is 9.47 Å². The molecule has 0 aliphatic heterocycles. The molecule has 7 heteroatoms. The van der Waals surface area contributed by atoms with E-state index in [1.165, 1.54) is 19.4 Å². The molecular formula is C22H20O7. The number of furan rings is 1. The van der Waals surface area contributed by atoms with Gasteiger partial charge in [-0.25, -0.2) is 9.59 Å². The third kappa shape index (κ3) is 5.87. The molecule has 2 aromatic carbocycles. The Kier molecular flexibility index (Phi) is 6.89. The minimum atomic E-state index is -0.596. The predicted octanol–water partition coefficient (Wildman–Crippen LogP) is 3.77. The largest absolute Gasteiger partial charge is 0.489 e. The van der Waals surface area contributed by atoms with Crippen LogP contribution in [-0.2, 0) is 27.5 Å². The smallest absolute Gasteiger partial charge is 0.344 e. The molecule has 1 aromatic heterocycles. The molecule has 0 bridgehead atoms. The number of ether oxygens (including phenoxy) is 4. The molecule has 7 nitrogen and oxygen atoms in total. The Labute approximate surface area is 167 Å². The average Bonchev–Trinajstić information content (AvgIpc) is 3.24. The summed E-state index contributed by atoms with van der Waals surface area (Å²) in [6, 6.07) is 18.2. The first kappa shape index (κ1) is 20.0. The van der Waals surface area contributed by atoms with Crippen LogP contribution in [0, 0.1) is 0 Å². The highest BCUT2D eigenvalue weighted by Crippen LogP contribution is 2.19. The highest BCUT2D eigenvalue weighted by atomic mass is 16.6. The van der Waals surface area contributed by atoms with E-state index in [2.05, 4.69) is 4.74 Å². The third-order valence-electron chi connectivity index (χ3n) is 3.94. The maximum atomic E-state index is 11.9. The molecular weight excluding hydrogens is 376 g/mol. The van der Waals surface area contributed by atoms with E-state index < -0.39 is 11.9 Å². The minimum absolute atomic E-state index is 0.189. The molecule has 0 saturated carbocycles. The maximum Gasteiger partial charge on any atom is 0.344 e. The molecule has 0 aliphatic carbocycles. The van der Waals surface area contributed by atoms with Crippen LogP contribution >= 0.6 is 0 Å². The summed E-state index contributed by atoms with van der Waals surface area (Å²) in [5.74, 6) is 0.251. The van der Waals surface area contributed by atoms with Gasteiger partial charge in [0.1, 0.15) is 30.3 Å². The Bertz CT molecular complexity index is 929. The molecule has 150 valence electrons. The number of benzene rings is 2. The Morgan fingerprint density at radius 3 is 2.24 bits per heavy atom. The summed E-state index contributed by atoms with van der Waals surface area (Å²) < 4.78 is 25.9. The number of hydrogen-bond donors (Lipinski definition) is 0. The van der Waals surface area contributed by atoms with E-state index in [0.29, 0.717) is 18.1 Å². The summed E-state index contributed by atoms with van der Waals surface area (Å²) in [6.45, 7) is -0.00190. The highest BCUT2D eigenvalue weighted by molar-refractivity contribution is 5.90. The second-order valence-corrected chi connectivity index (χ2v) is 5.94. The highest BCUT2D eigenvalue weighted by Gasteiger charge is 2.16. The van der Waals surface area contributed by atoms with E-state index >= 15 is 0 Å². The van der Waals surface area contributed by atoms with Gasteiger partial charge in [-0.1, -0.05) is 30.3 Å². The van der Waals surface area contributed by atoms with Gasteiger partial charge in [0.2, 0.25) is 0 Å². The molecule has 0 radical (unpaired) electrons. The van der Waals surface area contributed by atoms with Gasteiger partial charge in [0.15, 0.2) is 12.4 Å². The molecule has 0 N–H and O–H groups in total. The fourth-order valence-corrected chi connectivity index (χ4v) is 2.45. The van der Waals surface area contributed by atoms with Gasteiger partial charge in [-0.05, 0) is 35.9 Å². The number of methoxy groups -OCH3 is 1. The number of rotatable bonds is 9. The maximum absolute atomic E-state index is 11.9. The first-order valence-corrected chi connectivity index (χ1v) is 8.85. The lowest BCUT2D eigenvalue weighted by atomic mass is 10.2. The zero-order valence-corrected chi connectivity index (χ0v) is 15.8. The lowest BCUT2D eigenvalue weighted by Gasteiger charge is -2.09. The van der Waals surface area contributed by atoms with Crippen LogP contribution in [0.4, 0.5) is 0 Å². The van der Waals surface area contributed by atoms with Crippen molar-refractivity contribution in [2.75, 3.05) is 13.7 Å². The van der Waals surface area contributed by atoms with Crippen LogP contribution in [0.3, 0.4) is 0 Å². The van der Waals surface area contributed by atoms with Gasteiger partial charge >= 0.3 is 11.9 Å². The van der Waals surface area contributed by atoms with E-state index in [-0.39, 0.29) is 24.5 Å². The molecule has 0 saturated heterocycles. The molecule has 3 rings (SSSR count). The van der Waals surface area contributed by atoms with Crippen molar-refractivity contribution in [3.8, 4) is 11.5 Å². The molecule has 0 atom stereocenters. The summed E-state index contributed by atoms with van der Waals surface area (Å²) in [7, 11) is 1.26. The Morgan fingerprint density at radius 2 is 1.55 bits per heavy atom. The number of esters is 2. The molecule has 0 fully saturated rings. The molecule has 0 amide bonds. The Hall–Kier alpha value is -3.74. The normalized spacial score (nSPS) is 10.2. The van der Waals surface area contributed by atoms with Crippen LogP contribution in [0.5, 0.6) is 11.5 Å². The first-order chi connectivity index (χ1) is 14.2. The van der Waals surface area contributed by atoms with Gasteiger partial charge in [-0.3, -0.25) is 0 Å². The van der Waals surface area contributed by atoms with Crippen LogP contribution in [0.25, 0.3) is 0 Å². The zero-order chi connectivity index (χ0) is 20.5. The van der Waals surface area contributed by atoms with Crippen molar-refractivity contribution in [1.29, 1.82) is 0 Å². The van der Waals surface area contributed by atoms with Crippen molar-refractivity contribution in [1.82, 2.24) is 0 Å².